The summed E-state index contributed by atoms with van der Waals surface area (Å²) < 4.78 is 4.98. The van der Waals surface area contributed by atoms with E-state index in [9.17, 15) is 9.90 Å². The second-order valence-electron chi connectivity index (χ2n) is 3.48. The lowest BCUT2D eigenvalue weighted by molar-refractivity contribution is -0.151. The highest BCUT2D eigenvalue weighted by atomic mass is 16.6. The maximum Gasteiger partial charge on any atom is 0.335 e. The molecule has 0 radical (unpaired) electrons. The van der Waals surface area contributed by atoms with E-state index in [0.717, 1.165) is 6.42 Å². The lowest BCUT2D eigenvalue weighted by atomic mass is 9.87. The van der Waals surface area contributed by atoms with Crippen molar-refractivity contribution in [1.82, 2.24) is 0 Å². The Hall–Kier alpha value is -0.570. The van der Waals surface area contributed by atoms with Crippen LogP contribution in [0.25, 0.3) is 0 Å². The molecule has 1 N–H and O–H groups in total. The Labute approximate surface area is 66.4 Å². The van der Waals surface area contributed by atoms with Gasteiger partial charge in [-0.2, -0.15) is 0 Å². The van der Waals surface area contributed by atoms with Gasteiger partial charge >= 0.3 is 5.97 Å². The zero-order valence-corrected chi connectivity index (χ0v) is 7.13. The van der Waals surface area contributed by atoms with Gasteiger partial charge in [-0.1, -0.05) is 6.92 Å². The molecule has 1 fully saturated rings. The maximum atomic E-state index is 10.9. The molecule has 2 atom stereocenters. The van der Waals surface area contributed by atoms with Gasteiger partial charge < -0.3 is 9.84 Å². The summed E-state index contributed by atoms with van der Waals surface area (Å²) in [6, 6.07) is 0. The number of ether oxygens (including phenoxy) is 1. The Bertz CT molecular complexity index is 174. The van der Waals surface area contributed by atoms with E-state index in [4.69, 9.17) is 4.74 Å². The first-order chi connectivity index (χ1) is 4.99. The maximum absolute atomic E-state index is 10.9. The zero-order chi connectivity index (χ0) is 8.65. The van der Waals surface area contributed by atoms with E-state index in [-0.39, 0.29) is 5.92 Å². The molecule has 3 nitrogen and oxygen atoms in total. The van der Waals surface area contributed by atoms with Crippen LogP contribution in [0, 0.1) is 5.92 Å². The molecule has 1 aliphatic rings. The number of cyclic esters (lactones) is 1. The molecular weight excluding hydrogens is 144 g/mol. The molecule has 1 rings (SSSR count). The van der Waals surface area contributed by atoms with E-state index in [1.54, 1.807) is 0 Å². The third-order valence-electron chi connectivity index (χ3n) is 2.32. The SMILES string of the molecule is CCC1C(O)C(=O)OC1(C)C. The van der Waals surface area contributed by atoms with Crippen molar-refractivity contribution in [2.75, 3.05) is 0 Å². The first kappa shape index (κ1) is 8.53. The largest absolute Gasteiger partial charge is 0.457 e. The smallest absolute Gasteiger partial charge is 0.335 e. The Balaban J connectivity index is 2.81. The molecular formula is C8H14O3. The van der Waals surface area contributed by atoms with Crippen LogP contribution >= 0.6 is 0 Å². The predicted molar refractivity (Wildman–Crippen MR) is 40.0 cm³/mol. The van der Waals surface area contributed by atoms with Gasteiger partial charge in [-0.25, -0.2) is 4.79 Å². The Morgan fingerprint density at radius 2 is 2.18 bits per heavy atom. The van der Waals surface area contributed by atoms with Gasteiger partial charge in [-0.05, 0) is 20.3 Å². The number of carbonyl (C=O) groups is 1. The lowest BCUT2D eigenvalue weighted by Crippen LogP contribution is -2.31. The Morgan fingerprint density at radius 1 is 1.64 bits per heavy atom. The predicted octanol–water partition coefficient (Wildman–Crippen LogP) is 0.709. The summed E-state index contributed by atoms with van der Waals surface area (Å²) in [4.78, 5) is 10.9. The fourth-order valence-corrected chi connectivity index (χ4v) is 1.65. The number of hydrogen-bond acceptors (Lipinski definition) is 3. The summed E-state index contributed by atoms with van der Waals surface area (Å²) >= 11 is 0. The van der Waals surface area contributed by atoms with Crippen molar-refractivity contribution in [3.63, 3.8) is 0 Å². The van der Waals surface area contributed by atoms with Gasteiger partial charge in [0.15, 0.2) is 6.10 Å². The molecule has 0 aromatic carbocycles. The van der Waals surface area contributed by atoms with Crippen LogP contribution in [0.15, 0.2) is 0 Å². The minimum absolute atomic E-state index is 0.0602. The molecule has 11 heavy (non-hydrogen) atoms. The van der Waals surface area contributed by atoms with Gasteiger partial charge in [0.05, 0.1) is 0 Å². The summed E-state index contributed by atoms with van der Waals surface area (Å²) in [5.41, 5.74) is -0.495. The highest BCUT2D eigenvalue weighted by Gasteiger charge is 2.47. The second kappa shape index (κ2) is 2.48. The standard InChI is InChI=1S/C8H14O3/c1-4-5-6(9)7(10)11-8(5,2)3/h5-6,9H,4H2,1-3H3. The summed E-state index contributed by atoms with van der Waals surface area (Å²) in [6.45, 7) is 5.60. The first-order valence-electron chi connectivity index (χ1n) is 3.90. The molecule has 0 saturated carbocycles. The van der Waals surface area contributed by atoms with Crippen LogP contribution in [0.2, 0.25) is 0 Å². The lowest BCUT2D eigenvalue weighted by Gasteiger charge is -2.23. The molecule has 0 spiro atoms. The van der Waals surface area contributed by atoms with Gasteiger partial charge in [-0.15, -0.1) is 0 Å². The van der Waals surface area contributed by atoms with Crippen LogP contribution in [0.1, 0.15) is 27.2 Å². The summed E-state index contributed by atoms with van der Waals surface area (Å²) in [5, 5.41) is 9.32. The molecule has 3 heteroatoms. The normalized spacial score (nSPS) is 35.5. The monoisotopic (exact) mass is 158 g/mol. The Morgan fingerprint density at radius 3 is 2.36 bits per heavy atom. The van der Waals surface area contributed by atoms with E-state index in [2.05, 4.69) is 0 Å². The van der Waals surface area contributed by atoms with Gasteiger partial charge in [0.1, 0.15) is 5.60 Å². The van der Waals surface area contributed by atoms with Crippen LogP contribution in [-0.2, 0) is 9.53 Å². The van der Waals surface area contributed by atoms with E-state index in [0.29, 0.717) is 0 Å². The van der Waals surface area contributed by atoms with Crippen molar-refractivity contribution in [2.45, 2.75) is 38.9 Å². The zero-order valence-electron chi connectivity index (χ0n) is 7.13. The van der Waals surface area contributed by atoms with Crippen LogP contribution < -0.4 is 0 Å². The highest BCUT2D eigenvalue weighted by Crippen LogP contribution is 2.34. The van der Waals surface area contributed by atoms with Crippen molar-refractivity contribution < 1.29 is 14.6 Å². The molecule has 2 unspecified atom stereocenters. The van der Waals surface area contributed by atoms with Crippen molar-refractivity contribution in [3.05, 3.63) is 0 Å². The average molecular weight is 158 g/mol. The van der Waals surface area contributed by atoms with Crippen LogP contribution in [0.4, 0.5) is 0 Å². The number of hydrogen-bond donors (Lipinski definition) is 1. The number of rotatable bonds is 1. The van der Waals surface area contributed by atoms with Gasteiger partial charge in [0, 0.05) is 5.92 Å². The Kier molecular flexibility index (Phi) is 1.92. The molecule has 0 amide bonds. The number of esters is 1. The van der Waals surface area contributed by atoms with Gasteiger partial charge in [0.2, 0.25) is 0 Å². The summed E-state index contributed by atoms with van der Waals surface area (Å²) in [5.74, 6) is -0.545. The van der Waals surface area contributed by atoms with Crippen molar-refractivity contribution in [1.29, 1.82) is 0 Å². The minimum Gasteiger partial charge on any atom is -0.457 e. The topological polar surface area (TPSA) is 46.5 Å². The molecule has 0 aromatic rings. The molecule has 1 heterocycles. The fourth-order valence-electron chi connectivity index (χ4n) is 1.65. The summed E-state index contributed by atoms with van der Waals surface area (Å²) in [7, 11) is 0. The number of carbonyl (C=O) groups excluding carboxylic acids is 1. The molecule has 0 aromatic heterocycles. The van der Waals surface area contributed by atoms with Crippen molar-refractivity contribution in [3.8, 4) is 0 Å². The highest BCUT2D eigenvalue weighted by molar-refractivity contribution is 5.77. The van der Waals surface area contributed by atoms with E-state index in [1.165, 1.54) is 0 Å². The third kappa shape index (κ3) is 1.25. The fraction of sp³-hybridized carbons (Fsp3) is 0.875. The number of aliphatic hydroxyl groups is 1. The van der Waals surface area contributed by atoms with Crippen LogP contribution in [-0.4, -0.2) is 22.8 Å². The first-order valence-corrected chi connectivity index (χ1v) is 3.90. The minimum atomic E-state index is -0.921. The molecule has 0 aliphatic carbocycles. The van der Waals surface area contributed by atoms with E-state index in [1.807, 2.05) is 20.8 Å². The van der Waals surface area contributed by atoms with Crippen LogP contribution in [0.3, 0.4) is 0 Å². The van der Waals surface area contributed by atoms with E-state index < -0.39 is 17.7 Å². The third-order valence-corrected chi connectivity index (χ3v) is 2.32. The average Bonchev–Trinajstić information content (AvgIpc) is 2.03. The van der Waals surface area contributed by atoms with Gasteiger partial charge in [0.25, 0.3) is 0 Å². The van der Waals surface area contributed by atoms with Crippen molar-refractivity contribution in [2.24, 2.45) is 5.92 Å². The van der Waals surface area contributed by atoms with Crippen molar-refractivity contribution >= 4 is 5.97 Å². The molecule has 1 saturated heterocycles. The number of aliphatic hydroxyl groups excluding tert-OH is 1. The molecule has 64 valence electrons. The van der Waals surface area contributed by atoms with Gasteiger partial charge in [-0.3, -0.25) is 0 Å². The molecule has 1 aliphatic heterocycles. The molecule has 0 bridgehead atoms. The second-order valence-corrected chi connectivity index (χ2v) is 3.48. The van der Waals surface area contributed by atoms with Crippen LogP contribution in [0.5, 0.6) is 0 Å². The van der Waals surface area contributed by atoms with E-state index >= 15 is 0 Å². The quantitative estimate of drug-likeness (QED) is 0.572. The summed E-state index contributed by atoms with van der Waals surface area (Å²) in [6.07, 6.45) is -0.158.